The second kappa shape index (κ2) is 7.95. The van der Waals surface area contributed by atoms with Crippen molar-refractivity contribution < 1.29 is 14.5 Å². The van der Waals surface area contributed by atoms with E-state index in [9.17, 15) is 14.9 Å². The third-order valence-corrected chi connectivity index (χ3v) is 4.23. The SMILES string of the molecule is O=C(CSc1ccc([N+](=O)[O-])cc1)OCc1ccc(Br)cc1. The molecule has 0 aliphatic carbocycles. The van der Waals surface area contributed by atoms with Crippen molar-refractivity contribution in [2.24, 2.45) is 0 Å². The van der Waals surface area contributed by atoms with E-state index in [1.165, 1.54) is 23.9 Å². The van der Waals surface area contributed by atoms with Gasteiger partial charge in [0.1, 0.15) is 6.61 Å². The van der Waals surface area contributed by atoms with Crippen LogP contribution in [0.5, 0.6) is 0 Å². The first-order valence-corrected chi connectivity index (χ1v) is 8.10. The van der Waals surface area contributed by atoms with Crippen molar-refractivity contribution >= 4 is 39.3 Å². The molecule has 0 radical (unpaired) electrons. The molecule has 0 bridgehead atoms. The van der Waals surface area contributed by atoms with E-state index in [2.05, 4.69) is 15.9 Å². The second-order valence-corrected chi connectivity index (χ2v) is 6.29. The van der Waals surface area contributed by atoms with Gasteiger partial charge < -0.3 is 4.74 Å². The van der Waals surface area contributed by atoms with Crippen molar-refractivity contribution in [2.45, 2.75) is 11.5 Å². The molecule has 0 saturated heterocycles. The van der Waals surface area contributed by atoms with E-state index in [0.717, 1.165) is 14.9 Å². The molecule has 7 heteroatoms. The van der Waals surface area contributed by atoms with Crippen LogP contribution in [0, 0.1) is 10.1 Å². The monoisotopic (exact) mass is 381 g/mol. The summed E-state index contributed by atoms with van der Waals surface area (Å²) in [6, 6.07) is 13.6. The molecular formula is C15H12BrNO4S. The highest BCUT2D eigenvalue weighted by Gasteiger charge is 2.07. The summed E-state index contributed by atoms with van der Waals surface area (Å²) in [5, 5.41) is 10.5. The molecule has 0 amide bonds. The number of benzene rings is 2. The van der Waals surface area contributed by atoms with Crippen molar-refractivity contribution in [3.8, 4) is 0 Å². The van der Waals surface area contributed by atoms with Gasteiger partial charge >= 0.3 is 5.97 Å². The number of nitro groups is 1. The highest BCUT2D eigenvalue weighted by molar-refractivity contribution is 9.10. The number of halogens is 1. The van der Waals surface area contributed by atoms with E-state index in [0.29, 0.717) is 0 Å². The number of carbonyl (C=O) groups is 1. The number of ether oxygens (including phenoxy) is 1. The van der Waals surface area contributed by atoms with Gasteiger partial charge in [-0.15, -0.1) is 11.8 Å². The van der Waals surface area contributed by atoms with Crippen LogP contribution in [0.2, 0.25) is 0 Å². The molecule has 0 aliphatic heterocycles. The Bertz CT molecular complexity index is 658. The molecule has 0 fully saturated rings. The Morgan fingerprint density at radius 2 is 1.77 bits per heavy atom. The quantitative estimate of drug-likeness (QED) is 0.324. The molecule has 0 spiro atoms. The minimum Gasteiger partial charge on any atom is -0.460 e. The van der Waals surface area contributed by atoms with Gasteiger partial charge in [-0.3, -0.25) is 14.9 Å². The number of nitrogens with zero attached hydrogens (tertiary/aromatic N) is 1. The number of rotatable bonds is 6. The van der Waals surface area contributed by atoms with Crippen LogP contribution >= 0.6 is 27.7 Å². The fourth-order valence-corrected chi connectivity index (χ4v) is 2.55. The van der Waals surface area contributed by atoms with E-state index in [1.54, 1.807) is 12.1 Å². The van der Waals surface area contributed by atoms with Gasteiger partial charge in [0.05, 0.1) is 10.7 Å². The molecule has 0 aromatic heterocycles. The van der Waals surface area contributed by atoms with Crippen molar-refractivity contribution in [1.82, 2.24) is 0 Å². The van der Waals surface area contributed by atoms with E-state index in [1.807, 2.05) is 24.3 Å². The summed E-state index contributed by atoms with van der Waals surface area (Å²) in [4.78, 5) is 22.5. The Hall–Kier alpha value is -1.86. The van der Waals surface area contributed by atoms with Crippen LogP contribution in [0.1, 0.15) is 5.56 Å². The number of non-ortho nitro benzene ring substituents is 1. The molecule has 0 N–H and O–H groups in total. The maximum absolute atomic E-state index is 11.7. The number of esters is 1. The molecule has 5 nitrogen and oxygen atoms in total. The molecule has 2 aromatic carbocycles. The highest BCUT2D eigenvalue weighted by Crippen LogP contribution is 2.21. The molecule has 22 heavy (non-hydrogen) atoms. The topological polar surface area (TPSA) is 69.4 Å². The maximum Gasteiger partial charge on any atom is 0.316 e. The zero-order valence-corrected chi connectivity index (χ0v) is 13.8. The minimum absolute atomic E-state index is 0.0298. The molecule has 0 heterocycles. The predicted molar refractivity (Wildman–Crippen MR) is 87.8 cm³/mol. The van der Waals surface area contributed by atoms with Gasteiger partial charge in [0, 0.05) is 21.5 Å². The third kappa shape index (κ3) is 5.16. The molecule has 0 aliphatic rings. The van der Waals surface area contributed by atoms with Gasteiger partial charge in [-0.1, -0.05) is 28.1 Å². The van der Waals surface area contributed by atoms with Crippen LogP contribution in [0.3, 0.4) is 0 Å². The van der Waals surface area contributed by atoms with Gasteiger partial charge in [0.15, 0.2) is 0 Å². The summed E-state index contributed by atoms with van der Waals surface area (Å²) in [5.41, 5.74) is 0.944. The highest BCUT2D eigenvalue weighted by atomic mass is 79.9. The van der Waals surface area contributed by atoms with Gasteiger partial charge in [-0.05, 0) is 29.8 Å². The van der Waals surface area contributed by atoms with Crippen LogP contribution in [-0.2, 0) is 16.1 Å². The number of carbonyl (C=O) groups excluding carboxylic acids is 1. The maximum atomic E-state index is 11.7. The largest absolute Gasteiger partial charge is 0.460 e. The molecular weight excluding hydrogens is 370 g/mol. The van der Waals surface area contributed by atoms with E-state index in [-0.39, 0.29) is 24.0 Å². The lowest BCUT2D eigenvalue weighted by atomic mass is 10.2. The van der Waals surface area contributed by atoms with Crippen LogP contribution in [0.25, 0.3) is 0 Å². The van der Waals surface area contributed by atoms with E-state index < -0.39 is 4.92 Å². The fourth-order valence-electron chi connectivity index (χ4n) is 1.59. The standard InChI is InChI=1S/C15H12BrNO4S/c16-12-3-1-11(2-4-12)9-21-15(18)10-22-14-7-5-13(6-8-14)17(19)20/h1-8H,9-10H2. The first kappa shape index (κ1) is 16.5. The lowest BCUT2D eigenvalue weighted by Crippen LogP contribution is -2.07. The molecule has 114 valence electrons. The summed E-state index contributed by atoms with van der Waals surface area (Å²) in [5.74, 6) is -0.166. The number of hydrogen-bond acceptors (Lipinski definition) is 5. The summed E-state index contributed by atoms with van der Waals surface area (Å²) >= 11 is 4.62. The van der Waals surface area contributed by atoms with Crippen molar-refractivity contribution in [2.75, 3.05) is 5.75 Å². The zero-order chi connectivity index (χ0) is 15.9. The average molecular weight is 382 g/mol. The molecule has 2 aromatic rings. The first-order chi connectivity index (χ1) is 10.5. The van der Waals surface area contributed by atoms with Crippen LogP contribution in [0.4, 0.5) is 5.69 Å². The van der Waals surface area contributed by atoms with Crippen molar-refractivity contribution in [3.63, 3.8) is 0 Å². The number of thioether (sulfide) groups is 1. The molecule has 2 rings (SSSR count). The summed E-state index contributed by atoms with van der Waals surface area (Å²) in [7, 11) is 0. The van der Waals surface area contributed by atoms with Crippen molar-refractivity contribution in [1.29, 1.82) is 0 Å². The Balaban J connectivity index is 1.77. The van der Waals surface area contributed by atoms with Gasteiger partial charge in [-0.25, -0.2) is 0 Å². The Morgan fingerprint density at radius 3 is 2.36 bits per heavy atom. The van der Waals surface area contributed by atoms with Crippen molar-refractivity contribution in [3.05, 3.63) is 68.7 Å². The minimum atomic E-state index is -0.457. The van der Waals surface area contributed by atoms with Crippen LogP contribution in [0.15, 0.2) is 57.9 Å². The Labute approximate surface area is 140 Å². The lowest BCUT2D eigenvalue weighted by Gasteiger charge is -2.05. The predicted octanol–water partition coefficient (Wildman–Crippen LogP) is 4.19. The molecule has 0 atom stereocenters. The number of hydrogen-bond donors (Lipinski definition) is 0. The average Bonchev–Trinajstić information content (AvgIpc) is 2.52. The smallest absolute Gasteiger partial charge is 0.316 e. The summed E-state index contributed by atoms with van der Waals surface area (Å²) in [6.07, 6.45) is 0. The normalized spacial score (nSPS) is 10.2. The first-order valence-electron chi connectivity index (χ1n) is 6.32. The Kier molecular flexibility index (Phi) is 5.97. The van der Waals surface area contributed by atoms with Gasteiger partial charge in [-0.2, -0.15) is 0 Å². The van der Waals surface area contributed by atoms with Gasteiger partial charge in [0.25, 0.3) is 5.69 Å². The zero-order valence-electron chi connectivity index (χ0n) is 11.4. The van der Waals surface area contributed by atoms with Gasteiger partial charge in [0.2, 0.25) is 0 Å². The van der Waals surface area contributed by atoms with E-state index >= 15 is 0 Å². The summed E-state index contributed by atoms with van der Waals surface area (Å²) < 4.78 is 6.14. The molecule has 0 saturated carbocycles. The van der Waals surface area contributed by atoms with E-state index in [4.69, 9.17) is 4.74 Å². The Morgan fingerprint density at radius 1 is 1.14 bits per heavy atom. The summed E-state index contributed by atoms with van der Waals surface area (Å²) in [6.45, 7) is 0.229. The number of nitro benzene ring substituents is 1. The van der Waals surface area contributed by atoms with Crippen LogP contribution in [-0.4, -0.2) is 16.6 Å². The molecule has 0 unspecified atom stereocenters. The third-order valence-electron chi connectivity index (χ3n) is 2.72. The lowest BCUT2D eigenvalue weighted by molar-refractivity contribution is -0.384. The van der Waals surface area contributed by atoms with Crippen LogP contribution < -0.4 is 0 Å². The fraction of sp³-hybridized carbons (Fsp3) is 0.133. The second-order valence-electron chi connectivity index (χ2n) is 4.33.